The van der Waals surface area contributed by atoms with Crippen molar-refractivity contribution in [3.8, 4) is 0 Å². The van der Waals surface area contributed by atoms with Gasteiger partial charge in [0.2, 0.25) is 0 Å². The fourth-order valence-corrected chi connectivity index (χ4v) is 2.17. The summed E-state index contributed by atoms with van der Waals surface area (Å²) < 4.78 is 5.53. The minimum atomic E-state index is -1.09. The SMILES string of the molecule is CCCOCC1(c2ccccc2)NC(=O)N(C)C1=O. The predicted octanol–water partition coefficient (Wildman–Crippen LogP) is 1.49. The van der Waals surface area contributed by atoms with Gasteiger partial charge in [0, 0.05) is 13.7 Å². The molecule has 1 aliphatic heterocycles. The van der Waals surface area contributed by atoms with E-state index in [1.807, 2.05) is 37.3 Å². The van der Waals surface area contributed by atoms with Crippen LogP contribution in [0, 0.1) is 0 Å². The highest BCUT2D eigenvalue weighted by Gasteiger charge is 2.51. The van der Waals surface area contributed by atoms with Gasteiger partial charge in [-0.1, -0.05) is 37.3 Å². The molecule has 1 saturated heterocycles. The van der Waals surface area contributed by atoms with Gasteiger partial charge in [0.25, 0.3) is 5.91 Å². The van der Waals surface area contributed by atoms with Gasteiger partial charge in [-0.25, -0.2) is 4.79 Å². The fraction of sp³-hybridized carbons (Fsp3) is 0.429. The molecule has 0 bridgehead atoms. The van der Waals surface area contributed by atoms with E-state index in [-0.39, 0.29) is 12.5 Å². The Morgan fingerprint density at radius 3 is 2.47 bits per heavy atom. The Kier molecular flexibility index (Phi) is 3.85. The molecule has 1 N–H and O–H groups in total. The van der Waals surface area contributed by atoms with Crippen molar-refractivity contribution in [2.75, 3.05) is 20.3 Å². The maximum absolute atomic E-state index is 12.4. The summed E-state index contributed by atoms with van der Waals surface area (Å²) in [6, 6.07) is 8.81. The summed E-state index contributed by atoms with van der Waals surface area (Å²) in [5, 5.41) is 2.75. The highest BCUT2D eigenvalue weighted by atomic mass is 16.5. The lowest BCUT2D eigenvalue weighted by atomic mass is 9.90. The van der Waals surface area contributed by atoms with Crippen molar-refractivity contribution in [2.45, 2.75) is 18.9 Å². The van der Waals surface area contributed by atoms with Gasteiger partial charge in [-0.2, -0.15) is 0 Å². The van der Waals surface area contributed by atoms with Crippen LogP contribution in [0.5, 0.6) is 0 Å². The number of hydrogen-bond acceptors (Lipinski definition) is 3. The molecule has 1 unspecified atom stereocenters. The number of nitrogens with one attached hydrogen (secondary N) is 1. The van der Waals surface area contributed by atoms with Crippen LogP contribution in [-0.4, -0.2) is 37.1 Å². The number of imide groups is 1. The Balaban J connectivity index is 2.34. The number of benzene rings is 1. The van der Waals surface area contributed by atoms with Gasteiger partial charge in [-0.3, -0.25) is 9.69 Å². The lowest BCUT2D eigenvalue weighted by Gasteiger charge is -2.26. The Labute approximate surface area is 112 Å². The molecule has 0 radical (unpaired) electrons. The molecule has 1 heterocycles. The molecular formula is C14H18N2O3. The van der Waals surface area contributed by atoms with E-state index in [2.05, 4.69) is 5.32 Å². The molecule has 1 aliphatic rings. The molecule has 3 amide bonds. The van der Waals surface area contributed by atoms with Crippen LogP contribution in [0.3, 0.4) is 0 Å². The van der Waals surface area contributed by atoms with E-state index in [9.17, 15) is 9.59 Å². The Hall–Kier alpha value is -1.88. The van der Waals surface area contributed by atoms with Crippen molar-refractivity contribution in [3.63, 3.8) is 0 Å². The van der Waals surface area contributed by atoms with Crippen LogP contribution < -0.4 is 5.32 Å². The summed E-state index contributed by atoms with van der Waals surface area (Å²) in [4.78, 5) is 25.2. The molecule has 0 spiro atoms. The van der Waals surface area contributed by atoms with Crippen LogP contribution in [-0.2, 0) is 15.1 Å². The largest absolute Gasteiger partial charge is 0.378 e. The van der Waals surface area contributed by atoms with E-state index in [4.69, 9.17) is 4.74 Å². The highest BCUT2D eigenvalue weighted by molar-refractivity contribution is 6.07. The van der Waals surface area contributed by atoms with Crippen LogP contribution >= 0.6 is 0 Å². The van der Waals surface area contributed by atoms with Crippen molar-refractivity contribution < 1.29 is 14.3 Å². The van der Waals surface area contributed by atoms with Crippen molar-refractivity contribution in [1.82, 2.24) is 10.2 Å². The number of hydrogen-bond donors (Lipinski definition) is 1. The molecule has 19 heavy (non-hydrogen) atoms. The zero-order valence-corrected chi connectivity index (χ0v) is 11.2. The van der Waals surface area contributed by atoms with E-state index in [0.29, 0.717) is 6.61 Å². The molecule has 0 aromatic heterocycles. The molecule has 102 valence electrons. The Morgan fingerprint density at radius 1 is 1.26 bits per heavy atom. The minimum Gasteiger partial charge on any atom is -0.378 e. The topological polar surface area (TPSA) is 58.6 Å². The molecule has 0 aliphatic carbocycles. The van der Waals surface area contributed by atoms with E-state index in [1.165, 1.54) is 7.05 Å². The van der Waals surface area contributed by atoms with Crippen LogP contribution in [0.15, 0.2) is 30.3 Å². The lowest BCUT2D eigenvalue weighted by molar-refractivity contribution is -0.133. The summed E-state index contributed by atoms with van der Waals surface area (Å²) in [5.41, 5.74) is -0.351. The number of ether oxygens (including phenoxy) is 1. The smallest absolute Gasteiger partial charge is 0.325 e. The van der Waals surface area contributed by atoms with Crippen molar-refractivity contribution in [1.29, 1.82) is 0 Å². The normalized spacial score (nSPS) is 22.7. The van der Waals surface area contributed by atoms with Gasteiger partial charge in [0.15, 0.2) is 5.54 Å². The number of carbonyl (C=O) groups excluding carboxylic acids is 2. The van der Waals surface area contributed by atoms with Gasteiger partial charge in [-0.05, 0) is 12.0 Å². The van der Waals surface area contributed by atoms with Crippen LogP contribution in [0.2, 0.25) is 0 Å². The molecule has 0 saturated carbocycles. The number of amides is 3. The first-order valence-corrected chi connectivity index (χ1v) is 6.35. The van der Waals surface area contributed by atoms with Gasteiger partial charge in [-0.15, -0.1) is 0 Å². The summed E-state index contributed by atoms with van der Waals surface area (Å²) >= 11 is 0. The van der Waals surface area contributed by atoms with Crippen LogP contribution in [0.1, 0.15) is 18.9 Å². The summed E-state index contributed by atoms with van der Waals surface area (Å²) in [7, 11) is 1.47. The first-order chi connectivity index (χ1) is 9.12. The average Bonchev–Trinajstić information content (AvgIpc) is 2.66. The number of urea groups is 1. The summed E-state index contributed by atoms with van der Waals surface area (Å²) in [6.45, 7) is 2.71. The first-order valence-electron chi connectivity index (χ1n) is 6.35. The maximum Gasteiger partial charge on any atom is 0.325 e. The molecule has 2 rings (SSSR count). The number of nitrogens with zero attached hydrogens (tertiary/aromatic N) is 1. The molecule has 5 nitrogen and oxygen atoms in total. The van der Waals surface area contributed by atoms with E-state index >= 15 is 0 Å². The van der Waals surface area contributed by atoms with Crippen LogP contribution in [0.4, 0.5) is 4.79 Å². The second kappa shape index (κ2) is 5.40. The third-order valence-corrected chi connectivity index (χ3v) is 3.23. The molecular weight excluding hydrogens is 244 g/mol. The molecule has 1 atom stereocenters. The standard InChI is InChI=1S/C14H18N2O3/c1-3-9-19-10-14(11-7-5-4-6-8-11)12(17)16(2)13(18)15-14/h4-8H,3,9-10H2,1-2H3,(H,15,18). The lowest BCUT2D eigenvalue weighted by Crippen LogP contribution is -2.48. The Morgan fingerprint density at radius 2 is 1.95 bits per heavy atom. The second-order valence-electron chi connectivity index (χ2n) is 4.62. The first kappa shape index (κ1) is 13.5. The van der Waals surface area contributed by atoms with Crippen LogP contribution in [0.25, 0.3) is 0 Å². The average molecular weight is 262 g/mol. The minimum absolute atomic E-state index is 0.153. The molecule has 1 aromatic rings. The quantitative estimate of drug-likeness (QED) is 0.646. The van der Waals surface area contributed by atoms with Gasteiger partial charge in [0.1, 0.15) is 0 Å². The van der Waals surface area contributed by atoms with Crippen molar-refractivity contribution in [3.05, 3.63) is 35.9 Å². The third-order valence-electron chi connectivity index (χ3n) is 3.23. The second-order valence-corrected chi connectivity index (χ2v) is 4.62. The Bertz CT molecular complexity index is 475. The van der Waals surface area contributed by atoms with E-state index in [1.54, 1.807) is 0 Å². The van der Waals surface area contributed by atoms with Gasteiger partial charge >= 0.3 is 6.03 Å². The molecule has 5 heteroatoms. The van der Waals surface area contributed by atoms with Crippen molar-refractivity contribution >= 4 is 11.9 Å². The van der Waals surface area contributed by atoms with E-state index < -0.39 is 11.6 Å². The zero-order valence-electron chi connectivity index (χ0n) is 11.2. The number of rotatable bonds is 5. The summed E-state index contributed by atoms with van der Waals surface area (Å²) in [6.07, 6.45) is 0.864. The molecule has 1 aromatic carbocycles. The predicted molar refractivity (Wildman–Crippen MR) is 70.5 cm³/mol. The van der Waals surface area contributed by atoms with Gasteiger partial charge < -0.3 is 10.1 Å². The maximum atomic E-state index is 12.4. The number of likely N-dealkylation sites (N-methyl/N-ethyl adjacent to an activating group) is 1. The van der Waals surface area contributed by atoms with E-state index in [0.717, 1.165) is 16.9 Å². The summed E-state index contributed by atoms with van der Waals surface area (Å²) in [5.74, 6) is -0.278. The fourth-order valence-electron chi connectivity index (χ4n) is 2.17. The zero-order chi connectivity index (χ0) is 13.9. The third kappa shape index (κ3) is 2.33. The number of carbonyl (C=O) groups is 2. The highest BCUT2D eigenvalue weighted by Crippen LogP contribution is 2.28. The van der Waals surface area contributed by atoms with Crippen molar-refractivity contribution in [2.24, 2.45) is 0 Å². The monoisotopic (exact) mass is 262 g/mol. The molecule has 1 fully saturated rings. The van der Waals surface area contributed by atoms with Gasteiger partial charge in [0.05, 0.1) is 6.61 Å².